The van der Waals surface area contributed by atoms with Gasteiger partial charge in [0.15, 0.2) is 24.6 Å². The van der Waals surface area contributed by atoms with Gasteiger partial charge in [-0.05, 0) is 0 Å². The minimum atomic E-state index is -1.87. The van der Waals surface area contributed by atoms with E-state index in [4.69, 9.17) is 14.0 Å². The van der Waals surface area contributed by atoms with Crippen LogP contribution in [0.3, 0.4) is 0 Å². The lowest BCUT2D eigenvalue weighted by Gasteiger charge is -2.31. The molecule has 0 aliphatic carbocycles. The maximum absolute atomic E-state index is 11.3. The standard InChI is InChI=1S/C12H18O9/c1-6(15)19-10(5-14)12(21-8(3)17)11(9(18)4-13)20-7(2)16/h5,9-13,18H,4H2,1-3H3/t9-,10+,11-,12-/m1/s1/i1D,2D,3D. The molecular weight excluding hydrogens is 288 g/mol. The number of aldehydes is 1. The second-order valence-electron chi connectivity index (χ2n) is 3.75. The Kier molecular flexibility index (Phi) is 6.00. The summed E-state index contributed by atoms with van der Waals surface area (Å²) in [5.41, 5.74) is 0. The summed E-state index contributed by atoms with van der Waals surface area (Å²) >= 11 is 0. The van der Waals surface area contributed by atoms with Crippen molar-refractivity contribution in [2.24, 2.45) is 0 Å². The molecule has 2 N–H and O–H groups in total. The predicted octanol–water partition coefficient (Wildman–Crippen LogP) is -1.67. The molecule has 9 nitrogen and oxygen atoms in total. The summed E-state index contributed by atoms with van der Waals surface area (Å²) in [6.07, 6.45) is -7.38. The van der Waals surface area contributed by atoms with Gasteiger partial charge in [0, 0.05) is 24.8 Å². The fourth-order valence-corrected chi connectivity index (χ4v) is 1.42. The zero-order valence-corrected chi connectivity index (χ0v) is 11.0. The van der Waals surface area contributed by atoms with E-state index < -0.39 is 69.6 Å². The molecule has 0 saturated heterocycles. The molecule has 9 heteroatoms. The van der Waals surface area contributed by atoms with Gasteiger partial charge in [0.05, 0.1) is 6.61 Å². The van der Waals surface area contributed by atoms with E-state index in [0.29, 0.717) is 0 Å². The van der Waals surface area contributed by atoms with Crippen LogP contribution in [0, 0.1) is 0 Å². The molecular formula is C12H18O9. The lowest BCUT2D eigenvalue weighted by molar-refractivity contribution is -0.193. The number of aliphatic hydroxyl groups excluding tert-OH is 2. The molecule has 0 aromatic heterocycles. The molecule has 0 fully saturated rings. The van der Waals surface area contributed by atoms with Gasteiger partial charge in [-0.15, -0.1) is 0 Å². The SMILES string of the molecule is [2H]CC(=O)O[C@@H]([C@H](OC(=O)C[2H])[C@H](C=O)OC(=O)C[2H])[C@H](O)CO. The van der Waals surface area contributed by atoms with Crippen LogP contribution in [0.4, 0.5) is 0 Å². The van der Waals surface area contributed by atoms with E-state index >= 15 is 0 Å². The first-order valence-electron chi connectivity index (χ1n) is 7.67. The predicted molar refractivity (Wildman–Crippen MR) is 65.8 cm³/mol. The zero-order chi connectivity index (χ0) is 18.7. The highest BCUT2D eigenvalue weighted by Gasteiger charge is 2.40. The number of carbonyl (C=O) groups is 4. The lowest BCUT2D eigenvalue weighted by atomic mass is 10.0. The molecule has 4 atom stereocenters. The number of hydrogen-bond donors (Lipinski definition) is 2. The highest BCUT2D eigenvalue weighted by molar-refractivity contribution is 5.72. The molecule has 0 radical (unpaired) electrons. The van der Waals surface area contributed by atoms with Crippen LogP contribution < -0.4 is 0 Å². The summed E-state index contributed by atoms with van der Waals surface area (Å²) in [6.45, 7) is -3.58. The number of hydrogen-bond acceptors (Lipinski definition) is 9. The van der Waals surface area contributed by atoms with Crippen molar-refractivity contribution in [3.8, 4) is 0 Å². The van der Waals surface area contributed by atoms with Crippen LogP contribution in [-0.2, 0) is 33.4 Å². The Morgan fingerprint density at radius 1 is 1.05 bits per heavy atom. The van der Waals surface area contributed by atoms with Crippen LogP contribution in [0.1, 0.15) is 24.8 Å². The topological polar surface area (TPSA) is 136 Å². The number of aliphatic hydroxyl groups is 2. The van der Waals surface area contributed by atoms with Gasteiger partial charge in [-0.25, -0.2) is 0 Å². The Hall–Kier alpha value is -2.00. The van der Waals surface area contributed by atoms with Crippen LogP contribution in [-0.4, -0.2) is 65.4 Å². The lowest BCUT2D eigenvalue weighted by Crippen LogP contribution is -2.52. The van der Waals surface area contributed by atoms with Gasteiger partial charge in [0.1, 0.15) is 6.10 Å². The summed E-state index contributed by atoms with van der Waals surface area (Å²) in [7, 11) is 0. The van der Waals surface area contributed by atoms with Crippen molar-refractivity contribution in [1.82, 2.24) is 0 Å². The minimum Gasteiger partial charge on any atom is -0.456 e. The molecule has 0 saturated carbocycles. The van der Waals surface area contributed by atoms with Gasteiger partial charge in [0.25, 0.3) is 0 Å². The summed E-state index contributed by atoms with van der Waals surface area (Å²) in [4.78, 5) is 45.0. The molecule has 0 spiro atoms. The van der Waals surface area contributed by atoms with Crippen molar-refractivity contribution in [1.29, 1.82) is 0 Å². The van der Waals surface area contributed by atoms with Gasteiger partial charge in [-0.3, -0.25) is 19.2 Å². The molecule has 0 amide bonds. The highest BCUT2D eigenvalue weighted by Crippen LogP contribution is 2.16. The molecule has 0 aliphatic heterocycles. The first-order chi connectivity index (χ1) is 11.3. The average molecular weight is 309 g/mol. The van der Waals surface area contributed by atoms with Crippen molar-refractivity contribution in [3.05, 3.63) is 0 Å². The summed E-state index contributed by atoms with van der Waals surface area (Å²) in [5, 5.41) is 18.8. The normalized spacial score (nSPS) is 17.9. The van der Waals surface area contributed by atoms with Crippen molar-refractivity contribution < 1.29 is 47.7 Å². The van der Waals surface area contributed by atoms with E-state index in [0.717, 1.165) is 0 Å². The van der Waals surface area contributed by atoms with Gasteiger partial charge >= 0.3 is 17.9 Å². The monoisotopic (exact) mass is 309 g/mol. The third-order valence-electron chi connectivity index (χ3n) is 2.15. The third-order valence-corrected chi connectivity index (χ3v) is 2.15. The van der Waals surface area contributed by atoms with Crippen LogP contribution in [0.5, 0.6) is 0 Å². The largest absolute Gasteiger partial charge is 0.456 e. The number of carbonyl (C=O) groups excluding carboxylic acids is 4. The Balaban J connectivity index is 5.62. The van der Waals surface area contributed by atoms with Gasteiger partial charge in [0.2, 0.25) is 0 Å². The molecule has 0 aliphatic rings. The summed E-state index contributed by atoms with van der Waals surface area (Å²) < 4.78 is 34.6. The minimum absolute atomic E-state index is 0.0150. The van der Waals surface area contributed by atoms with E-state index in [-0.39, 0.29) is 6.29 Å². The zero-order valence-electron chi connectivity index (χ0n) is 14.0. The highest BCUT2D eigenvalue weighted by atomic mass is 16.6. The van der Waals surface area contributed by atoms with Gasteiger partial charge < -0.3 is 24.4 Å². The first-order valence-corrected chi connectivity index (χ1v) is 5.54. The van der Waals surface area contributed by atoms with E-state index in [2.05, 4.69) is 9.47 Å². The van der Waals surface area contributed by atoms with Crippen molar-refractivity contribution in [2.75, 3.05) is 6.61 Å². The molecule has 0 bridgehead atoms. The number of ether oxygens (including phenoxy) is 3. The van der Waals surface area contributed by atoms with Gasteiger partial charge in [-0.1, -0.05) is 0 Å². The molecule has 0 aromatic rings. The van der Waals surface area contributed by atoms with Crippen LogP contribution in [0.15, 0.2) is 0 Å². The van der Waals surface area contributed by atoms with Gasteiger partial charge in [-0.2, -0.15) is 0 Å². The third kappa shape index (κ3) is 6.82. The van der Waals surface area contributed by atoms with Crippen LogP contribution in [0.2, 0.25) is 0 Å². The van der Waals surface area contributed by atoms with Crippen LogP contribution in [0.25, 0.3) is 0 Å². The quantitative estimate of drug-likeness (QED) is 0.306. The van der Waals surface area contributed by atoms with Crippen molar-refractivity contribution >= 4 is 24.2 Å². The molecule has 0 aromatic carbocycles. The smallest absolute Gasteiger partial charge is 0.303 e. The maximum Gasteiger partial charge on any atom is 0.303 e. The molecule has 120 valence electrons. The first kappa shape index (κ1) is 14.0. The van der Waals surface area contributed by atoms with Crippen molar-refractivity contribution in [3.63, 3.8) is 0 Å². The summed E-state index contributed by atoms with van der Waals surface area (Å²) in [5.74, 6) is -3.52. The average Bonchev–Trinajstić information content (AvgIpc) is 2.60. The van der Waals surface area contributed by atoms with E-state index in [1.807, 2.05) is 0 Å². The van der Waals surface area contributed by atoms with Crippen molar-refractivity contribution in [2.45, 2.75) is 45.1 Å². The number of rotatable bonds is 8. The fourth-order valence-electron chi connectivity index (χ4n) is 1.42. The molecule has 0 rings (SSSR count). The van der Waals surface area contributed by atoms with Crippen LogP contribution >= 0.6 is 0 Å². The number of esters is 3. The Labute approximate surface area is 125 Å². The molecule has 21 heavy (non-hydrogen) atoms. The van der Waals surface area contributed by atoms with E-state index in [9.17, 15) is 24.3 Å². The maximum atomic E-state index is 11.3. The molecule has 0 unspecified atom stereocenters. The Bertz CT molecular complexity index is 445. The van der Waals surface area contributed by atoms with E-state index in [1.54, 1.807) is 0 Å². The molecule has 0 heterocycles. The summed E-state index contributed by atoms with van der Waals surface area (Å²) in [6, 6.07) is 0. The van der Waals surface area contributed by atoms with E-state index in [1.165, 1.54) is 0 Å². The fraction of sp³-hybridized carbons (Fsp3) is 0.667. The second-order valence-corrected chi connectivity index (χ2v) is 3.75. The second kappa shape index (κ2) is 9.03. The Morgan fingerprint density at radius 3 is 1.95 bits per heavy atom. The Morgan fingerprint density at radius 2 is 1.52 bits per heavy atom.